The molecule has 12 unspecified atom stereocenters. The highest BCUT2D eigenvalue weighted by molar-refractivity contribution is 6.12. The molecule has 196 valence electrons. The second kappa shape index (κ2) is 9.03. The first-order valence-electron chi connectivity index (χ1n) is 14.4. The fraction of sp³-hybridized carbons (Fsp3) is 1.00. The minimum atomic E-state index is -0.405. The summed E-state index contributed by atoms with van der Waals surface area (Å²) in [5.41, 5.74) is -0.768. The zero-order valence-corrected chi connectivity index (χ0v) is 23.6. The Morgan fingerprint density at radius 2 is 1.76 bits per heavy atom. The summed E-state index contributed by atoms with van der Waals surface area (Å²) < 4.78 is 13.7. The van der Waals surface area contributed by atoms with Crippen LogP contribution in [-0.2, 0) is 9.47 Å². The predicted octanol–water partition coefficient (Wildman–Crippen LogP) is 5.01. The molecule has 0 amide bonds. The van der Waals surface area contributed by atoms with Gasteiger partial charge in [0, 0.05) is 18.9 Å². The zero-order chi connectivity index (χ0) is 25.3. The van der Waals surface area contributed by atoms with Crippen LogP contribution in [-0.4, -0.2) is 54.2 Å². The molecule has 0 radical (unpaired) electrons. The summed E-state index contributed by atoms with van der Waals surface area (Å²) in [5.74, 6) is 2.90. The van der Waals surface area contributed by atoms with Crippen LogP contribution < -0.4 is 0 Å². The number of rotatable bonds is 7. The average Bonchev–Trinajstić information content (AvgIpc) is 2.99. The van der Waals surface area contributed by atoms with Crippen LogP contribution in [0.15, 0.2) is 0 Å². The van der Waals surface area contributed by atoms with Gasteiger partial charge < -0.3 is 19.7 Å². The lowest BCUT2D eigenvalue weighted by Crippen LogP contribution is -2.73. The van der Waals surface area contributed by atoms with Gasteiger partial charge in [-0.05, 0) is 87.3 Å². The van der Waals surface area contributed by atoms with Crippen molar-refractivity contribution in [1.29, 1.82) is 0 Å². The topological polar surface area (TPSA) is 58.9 Å². The molecule has 1 aliphatic heterocycles. The molecule has 1 heterocycles. The largest absolute Gasteiger partial charge is 0.393 e. The molecule has 0 spiro atoms. The van der Waals surface area contributed by atoms with Crippen molar-refractivity contribution >= 4 is 7.85 Å². The van der Waals surface area contributed by atoms with Crippen LogP contribution in [0.2, 0.25) is 5.82 Å². The minimum Gasteiger partial charge on any atom is -0.393 e. The van der Waals surface area contributed by atoms with E-state index < -0.39 is 11.7 Å². The standard InChI is InChI=1S/C29H53BO4/c1-9-22-26(5)12-11-20(31)14-19(26)15-24(30)29(22,33-8)25-21(32)16-23-27(6,34-28(23,25)7)13-10-18(4)17(2)3/h17-25,31-32H,9-16,30H2,1-8H3. The van der Waals surface area contributed by atoms with Crippen molar-refractivity contribution in [2.45, 2.75) is 135 Å². The number of fused-ring (bicyclic) bond motifs is 2. The first kappa shape index (κ1) is 27.0. The van der Waals surface area contributed by atoms with E-state index in [0.717, 1.165) is 44.9 Å². The summed E-state index contributed by atoms with van der Waals surface area (Å²) in [6, 6.07) is 0. The number of aliphatic hydroxyl groups is 2. The monoisotopic (exact) mass is 476 g/mol. The van der Waals surface area contributed by atoms with Crippen LogP contribution in [0, 0.1) is 40.9 Å². The van der Waals surface area contributed by atoms with E-state index in [4.69, 9.17) is 9.47 Å². The van der Waals surface area contributed by atoms with E-state index in [1.54, 1.807) is 0 Å². The SMILES string of the molecule is BC1CC2CC(O)CCC2(C)C(CC)C1(OC)C1C(O)CC2C(C)(CCC(C)C(C)C)OC21C. The molecule has 4 rings (SSSR count). The Balaban J connectivity index is 1.66. The fourth-order valence-electron chi connectivity index (χ4n) is 10.0. The molecule has 1 saturated heterocycles. The lowest BCUT2D eigenvalue weighted by Gasteiger charge is -2.68. The zero-order valence-electron chi connectivity index (χ0n) is 23.6. The minimum absolute atomic E-state index is 0.0184. The van der Waals surface area contributed by atoms with Gasteiger partial charge in [-0.3, -0.25) is 0 Å². The fourth-order valence-corrected chi connectivity index (χ4v) is 10.0. The van der Waals surface area contributed by atoms with Crippen LogP contribution >= 0.6 is 0 Å². The second-order valence-electron chi connectivity index (χ2n) is 14.0. The van der Waals surface area contributed by atoms with E-state index in [1.807, 2.05) is 7.11 Å². The Morgan fingerprint density at radius 1 is 1.09 bits per heavy atom. The molecule has 2 N–H and O–H groups in total. The van der Waals surface area contributed by atoms with Crippen LogP contribution in [0.4, 0.5) is 0 Å². The number of hydrogen-bond donors (Lipinski definition) is 2. The van der Waals surface area contributed by atoms with Crippen LogP contribution in [0.1, 0.15) is 99.8 Å². The van der Waals surface area contributed by atoms with Gasteiger partial charge in [-0.1, -0.05) is 47.5 Å². The summed E-state index contributed by atoms with van der Waals surface area (Å²) in [6.45, 7) is 16.3. The first-order valence-corrected chi connectivity index (χ1v) is 14.4. The van der Waals surface area contributed by atoms with E-state index in [1.165, 1.54) is 6.42 Å². The van der Waals surface area contributed by atoms with E-state index in [-0.39, 0.29) is 28.6 Å². The summed E-state index contributed by atoms with van der Waals surface area (Å²) in [7, 11) is 4.24. The quantitative estimate of drug-likeness (QED) is 0.508. The maximum atomic E-state index is 11.7. The van der Waals surface area contributed by atoms with Gasteiger partial charge in [0.1, 0.15) is 7.85 Å². The van der Waals surface area contributed by atoms with Gasteiger partial charge in [0.15, 0.2) is 0 Å². The van der Waals surface area contributed by atoms with Gasteiger partial charge in [-0.25, -0.2) is 0 Å². The van der Waals surface area contributed by atoms with Gasteiger partial charge >= 0.3 is 0 Å². The predicted molar refractivity (Wildman–Crippen MR) is 141 cm³/mol. The normalized spacial score (nSPS) is 53.8. The van der Waals surface area contributed by atoms with Gasteiger partial charge in [0.05, 0.1) is 29.0 Å². The van der Waals surface area contributed by atoms with Crippen molar-refractivity contribution < 1.29 is 19.7 Å². The van der Waals surface area contributed by atoms with Gasteiger partial charge in [-0.15, -0.1) is 0 Å². The molecular weight excluding hydrogens is 423 g/mol. The van der Waals surface area contributed by atoms with E-state index in [9.17, 15) is 10.2 Å². The summed E-state index contributed by atoms with van der Waals surface area (Å²) in [5, 5.41) is 22.2. The molecule has 3 aliphatic carbocycles. The number of hydrogen-bond acceptors (Lipinski definition) is 4. The van der Waals surface area contributed by atoms with Gasteiger partial charge in [0.25, 0.3) is 0 Å². The van der Waals surface area contributed by atoms with Gasteiger partial charge in [-0.2, -0.15) is 0 Å². The maximum Gasteiger partial charge on any atom is 0.109 e. The Hall–Kier alpha value is -0.0951. The van der Waals surface area contributed by atoms with Crippen LogP contribution in [0.5, 0.6) is 0 Å². The molecule has 4 nitrogen and oxygen atoms in total. The Bertz CT molecular complexity index is 746. The highest BCUT2D eigenvalue weighted by Gasteiger charge is 2.76. The third-order valence-corrected chi connectivity index (χ3v) is 12.1. The second-order valence-corrected chi connectivity index (χ2v) is 14.0. The third-order valence-electron chi connectivity index (χ3n) is 12.1. The molecule has 4 fully saturated rings. The summed E-state index contributed by atoms with van der Waals surface area (Å²) in [4.78, 5) is 0. The Kier molecular flexibility index (Phi) is 7.16. The molecule has 3 saturated carbocycles. The molecule has 0 aromatic rings. The van der Waals surface area contributed by atoms with Crippen LogP contribution in [0.25, 0.3) is 0 Å². The van der Waals surface area contributed by atoms with Crippen molar-refractivity contribution in [2.75, 3.05) is 7.11 Å². The molecule has 4 aliphatic rings. The highest BCUT2D eigenvalue weighted by atomic mass is 16.6. The number of ether oxygens (including phenoxy) is 2. The van der Waals surface area contributed by atoms with Gasteiger partial charge in [0.2, 0.25) is 0 Å². The highest BCUT2D eigenvalue weighted by Crippen LogP contribution is 2.70. The molecule has 0 aromatic heterocycles. The lowest BCUT2D eigenvalue weighted by molar-refractivity contribution is -0.343. The van der Waals surface area contributed by atoms with E-state index >= 15 is 0 Å². The van der Waals surface area contributed by atoms with Crippen molar-refractivity contribution in [3.63, 3.8) is 0 Å². The summed E-state index contributed by atoms with van der Waals surface area (Å²) in [6.07, 6.45) is 7.43. The number of methoxy groups -OCH3 is 1. The average molecular weight is 477 g/mol. The first-order chi connectivity index (χ1) is 15.8. The smallest absolute Gasteiger partial charge is 0.109 e. The van der Waals surface area contributed by atoms with Crippen molar-refractivity contribution in [3.8, 4) is 0 Å². The molecule has 5 heteroatoms. The molecular formula is C29H53BO4. The van der Waals surface area contributed by atoms with Crippen molar-refractivity contribution in [1.82, 2.24) is 0 Å². The lowest BCUT2D eigenvalue weighted by atomic mass is 9.41. The molecule has 0 bridgehead atoms. The Labute approximate surface area is 210 Å². The Morgan fingerprint density at radius 3 is 2.35 bits per heavy atom. The van der Waals surface area contributed by atoms with Crippen molar-refractivity contribution in [2.24, 2.45) is 40.9 Å². The van der Waals surface area contributed by atoms with E-state index in [2.05, 4.69) is 56.3 Å². The van der Waals surface area contributed by atoms with E-state index in [0.29, 0.717) is 35.4 Å². The summed E-state index contributed by atoms with van der Waals surface area (Å²) >= 11 is 0. The molecule has 34 heavy (non-hydrogen) atoms. The van der Waals surface area contributed by atoms with Crippen LogP contribution in [0.3, 0.4) is 0 Å². The third kappa shape index (κ3) is 3.69. The molecule has 0 aromatic carbocycles. The molecule has 12 atom stereocenters. The maximum absolute atomic E-state index is 11.7. The van der Waals surface area contributed by atoms with Crippen molar-refractivity contribution in [3.05, 3.63) is 0 Å². The number of aliphatic hydroxyl groups excluding tert-OH is 2.